The van der Waals surface area contributed by atoms with Crippen LogP contribution < -0.4 is 11.3 Å². The number of nitrogens with two attached hydrogens (primary N) is 1. The maximum absolute atomic E-state index is 13.7. The number of hydrogen-bond donors (Lipinski definition) is 2. The molecule has 1 aliphatic rings. The fourth-order valence-electron chi connectivity index (χ4n) is 2.31. The van der Waals surface area contributed by atoms with Crippen molar-refractivity contribution in [3.05, 3.63) is 35.4 Å². The van der Waals surface area contributed by atoms with Gasteiger partial charge in [-0.1, -0.05) is 13.0 Å². The van der Waals surface area contributed by atoms with Crippen molar-refractivity contribution >= 4 is 23.5 Å². The van der Waals surface area contributed by atoms with Crippen molar-refractivity contribution < 1.29 is 8.78 Å². The van der Waals surface area contributed by atoms with Crippen LogP contribution in [0, 0.1) is 11.6 Å². The van der Waals surface area contributed by atoms with Crippen LogP contribution in [-0.2, 0) is 6.42 Å². The Kier molecular flexibility index (Phi) is 5.50. The quantitative estimate of drug-likeness (QED) is 0.662. The molecule has 0 amide bonds. The number of halogens is 2. The summed E-state index contributed by atoms with van der Waals surface area (Å²) in [6.45, 7) is 2.14. The van der Waals surface area contributed by atoms with Crippen LogP contribution in [0.4, 0.5) is 8.78 Å². The number of thioether (sulfide) groups is 2. The average molecular weight is 304 g/mol. The lowest BCUT2D eigenvalue weighted by molar-refractivity contribution is 0.471. The first-order valence-corrected chi connectivity index (χ1v) is 8.35. The molecule has 2 rings (SSSR count). The molecule has 1 aromatic carbocycles. The largest absolute Gasteiger partial charge is 0.271 e. The van der Waals surface area contributed by atoms with E-state index in [4.69, 9.17) is 5.84 Å². The van der Waals surface area contributed by atoms with E-state index in [-0.39, 0.29) is 23.3 Å². The van der Waals surface area contributed by atoms with Crippen molar-refractivity contribution in [1.82, 2.24) is 5.43 Å². The Morgan fingerprint density at radius 1 is 1.32 bits per heavy atom. The van der Waals surface area contributed by atoms with Gasteiger partial charge in [-0.15, -0.1) is 0 Å². The summed E-state index contributed by atoms with van der Waals surface area (Å²) in [6.07, 6.45) is 0.275. The van der Waals surface area contributed by atoms with E-state index in [9.17, 15) is 8.78 Å². The van der Waals surface area contributed by atoms with Gasteiger partial charge in [-0.3, -0.25) is 11.3 Å². The molecule has 0 aromatic heterocycles. The zero-order valence-electron chi connectivity index (χ0n) is 10.7. The Balaban J connectivity index is 2.14. The summed E-state index contributed by atoms with van der Waals surface area (Å²) in [5, 5.41) is 0.692. The van der Waals surface area contributed by atoms with Gasteiger partial charge in [0.05, 0.1) is 0 Å². The van der Waals surface area contributed by atoms with Crippen molar-refractivity contribution in [2.24, 2.45) is 5.84 Å². The molecule has 6 heteroatoms. The predicted molar refractivity (Wildman–Crippen MR) is 79.3 cm³/mol. The van der Waals surface area contributed by atoms with Crippen LogP contribution in [0.25, 0.3) is 0 Å². The number of benzene rings is 1. The minimum atomic E-state index is -0.499. The van der Waals surface area contributed by atoms with Crippen LogP contribution >= 0.6 is 23.5 Å². The van der Waals surface area contributed by atoms with Gasteiger partial charge in [-0.2, -0.15) is 23.5 Å². The molecule has 0 bridgehead atoms. The van der Waals surface area contributed by atoms with Gasteiger partial charge in [0.15, 0.2) is 0 Å². The molecule has 1 fully saturated rings. The molecule has 106 valence electrons. The van der Waals surface area contributed by atoms with E-state index in [1.165, 1.54) is 18.2 Å². The maximum atomic E-state index is 13.7. The summed E-state index contributed by atoms with van der Waals surface area (Å²) in [4.78, 5) is 0. The molecule has 0 spiro atoms. The Labute approximate surface area is 120 Å². The lowest BCUT2D eigenvalue weighted by Crippen LogP contribution is -2.49. The van der Waals surface area contributed by atoms with Crippen molar-refractivity contribution in [1.29, 1.82) is 0 Å². The minimum Gasteiger partial charge on any atom is -0.271 e. The van der Waals surface area contributed by atoms with Crippen LogP contribution in [0.5, 0.6) is 0 Å². The molecule has 1 aliphatic heterocycles. The van der Waals surface area contributed by atoms with Gasteiger partial charge in [-0.25, -0.2) is 8.78 Å². The third-order valence-electron chi connectivity index (χ3n) is 3.33. The SMILES string of the molecule is CC1SCCSC1C(Cc1c(F)cccc1F)NN. The van der Waals surface area contributed by atoms with E-state index in [0.29, 0.717) is 5.25 Å². The molecular formula is C13H18F2N2S2. The Morgan fingerprint density at radius 2 is 1.95 bits per heavy atom. The monoisotopic (exact) mass is 304 g/mol. The summed E-state index contributed by atoms with van der Waals surface area (Å²) in [5.41, 5.74) is 2.86. The van der Waals surface area contributed by atoms with Crippen LogP contribution in [0.2, 0.25) is 0 Å². The van der Waals surface area contributed by atoms with E-state index in [1.54, 1.807) is 0 Å². The zero-order valence-corrected chi connectivity index (χ0v) is 12.4. The Hall–Kier alpha value is -0.300. The van der Waals surface area contributed by atoms with Gasteiger partial charge in [0.2, 0.25) is 0 Å². The minimum absolute atomic E-state index is 0.119. The number of nitrogens with one attached hydrogen (secondary N) is 1. The molecule has 3 unspecified atom stereocenters. The molecule has 0 aliphatic carbocycles. The van der Waals surface area contributed by atoms with Crippen LogP contribution in [-0.4, -0.2) is 28.0 Å². The molecule has 1 heterocycles. The van der Waals surface area contributed by atoms with Crippen molar-refractivity contribution in [3.8, 4) is 0 Å². The third-order valence-corrected chi connectivity index (χ3v) is 6.58. The highest BCUT2D eigenvalue weighted by molar-refractivity contribution is 8.07. The van der Waals surface area contributed by atoms with Crippen LogP contribution in [0.1, 0.15) is 12.5 Å². The Morgan fingerprint density at radius 3 is 2.53 bits per heavy atom. The molecule has 1 aromatic rings. The molecule has 3 N–H and O–H groups in total. The van der Waals surface area contributed by atoms with Crippen LogP contribution in [0.3, 0.4) is 0 Å². The van der Waals surface area contributed by atoms with E-state index < -0.39 is 11.6 Å². The molecule has 1 saturated heterocycles. The predicted octanol–water partition coefficient (Wildman–Crippen LogP) is 2.58. The van der Waals surface area contributed by atoms with E-state index >= 15 is 0 Å². The number of hydrazine groups is 1. The van der Waals surface area contributed by atoms with Crippen molar-refractivity contribution in [3.63, 3.8) is 0 Å². The van der Waals surface area contributed by atoms with Gasteiger partial charge in [0.25, 0.3) is 0 Å². The summed E-state index contributed by atoms with van der Waals surface area (Å²) >= 11 is 3.71. The lowest BCUT2D eigenvalue weighted by Gasteiger charge is -2.34. The number of hydrogen-bond acceptors (Lipinski definition) is 4. The standard InChI is InChI=1S/C13H18F2N2S2/c1-8-13(19-6-5-18-8)12(17-16)7-9-10(14)3-2-4-11(9)15/h2-4,8,12-13,17H,5-7,16H2,1H3. The maximum Gasteiger partial charge on any atom is 0.129 e. The van der Waals surface area contributed by atoms with Crippen molar-refractivity contribution in [2.45, 2.75) is 29.9 Å². The molecule has 2 nitrogen and oxygen atoms in total. The highest BCUT2D eigenvalue weighted by atomic mass is 32.2. The number of rotatable bonds is 4. The fourth-order valence-corrected chi connectivity index (χ4v) is 5.25. The summed E-state index contributed by atoms with van der Waals surface area (Å²) < 4.78 is 27.4. The first kappa shape index (κ1) is 15.1. The van der Waals surface area contributed by atoms with Gasteiger partial charge >= 0.3 is 0 Å². The molecule has 19 heavy (non-hydrogen) atoms. The highest BCUT2D eigenvalue weighted by Gasteiger charge is 2.31. The molecular weight excluding hydrogens is 286 g/mol. The smallest absolute Gasteiger partial charge is 0.129 e. The second-order valence-corrected chi connectivity index (χ2v) is 7.36. The normalized spacial score (nSPS) is 25.3. The zero-order chi connectivity index (χ0) is 13.8. The van der Waals surface area contributed by atoms with Gasteiger partial charge < -0.3 is 0 Å². The second-order valence-electron chi connectivity index (χ2n) is 4.59. The van der Waals surface area contributed by atoms with Crippen LogP contribution in [0.15, 0.2) is 18.2 Å². The van der Waals surface area contributed by atoms with Gasteiger partial charge in [0.1, 0.15) is 11.6 Å². The van der Waals surface area contributed by atoms with Gasteiger partial charge in [-0.05, 0) is 18.6 Å². The van der Waals surface area contributed by atoms with Gasteiger partial charge in [0, 0.05) is 33.6 Å². The highest BCUT2D eigenvalue weighted by Crippen LogP contribution is 2.34. The lowest BCUT2D eigenvalue weighted by atomic mass is 10.0. The third kappa shape index (κ3) is 3.62. The molecule has 3 atom stereocenters. The topological polar surface area (TPSA) is 38.0 Å². The summed E-state index contributed by atoms with van der Waals surface area (Å²) in [6, 6.07) is 3.84. The average Bonchev–Trinajstić information content (AvgIpc) is 2.40. The van der Waals surface area contributed by atoms with E-state index in [0.717, 1.165) is 11.5 Å². The van der Waals surface area contributed by atoms with E-state index in [2.05, 4.69) is 12.3 Å². The summed E-state index contributed by atoms with van der Waals surface area (Å²) in [7, 11) is 0. The Bertz CT molecular complexity index is 411. The summed E-state index contributed by atoms with van der Waals surface area (Å²) in [5.74, 6) is 6.77. The fraction of sp³-hybridized carbons (Fsp3) is 0.538. The molecule has 0 radical (unpaired) electrons. The first-order valence-electron chi connectivity index (χ1n) is 6.25. The second kappa shape index (κ2) is 6.92. The van der Waals surface area contributed by atoms with E-state index in [1.807, 2.05) is 23.5 Å². The molecule has 0 saturated carbocycles. The van der Waals surface area contributed by atoms with Crippen molar-refractivity contribution in [2.75, 3.05) is 11.5 Å². The first-order chi connectivity index (χ1) is 9.13.